The monoisotopic (exact) mass is 233 g/mol. The van der Waals surface area contributed by atoms with Crippen LogP contribution in [0.15, 0.2) is 18.2 Å². The second kappa shape index (κ2) is 3.69. The van der Waals surface area contributed by atoms with Crippen LogP contribution >= 0.6 is 0 Å². The fourth-order valence-corrected chi connectivity index (χ4v) is 2.01. The fourth-order valence-electron chi connectivity index (χ4n) is 2.01. The maximum Gasteiger partial charge on any atom is 0.329 e. The molecule has 5 heteroatoms. The van der Waals surface area contributed by atoms with Crippen LogP contribution in [-0.4, -0.2) is 12.8 Å². The van der Waals surface area contributed by atoms with Crippen molar-refractivity contribution in [1.29, 1.82) is 0 Å². The van der Waals surface area contributed by atoms with Crippen LogP contribution in [0.2, 0.25) is 0 Å². The first-order valence-corrected chi connectivity index (χ1v) is 5.31. The first-order valence-electron chi connectivity index (χ1n) is 5.31. The number of hydrogen-bond donors (Lipinski definition) is 1. The zero-order valence-corrected chi connectivity index (χ0v) is 9.28. The van der Waals surface area contributed by atoms with Crippen molar-refractivity contribution in [3.8, 4) is 11.5 Å². The summed E-state index contributed by atoms with van der Waals surface area (Å²) in [6.45, 7) is 1.57. The van der Waals surface area contributed by atoms with E-state index in [1.807, 2.05) is 18.2 Å². The number of nitrogens with one attached hydrogen (secondary N) is 1. The standard InChI is InChI=1S/C12H11NO4/c1-7(14)17-13-9-4-2-8-3-5-10-12(11(8)9)16-6-15-10/h3-5,13H,2,6H2,1H3. The van der Waals surface area contributed by atoms with Crippen molar-refractivity contribution in [3.63, 3.8) is 0 Å². The second-order valence-corrected chi connectivity index (χ2v) is 3.85. The van der Waals surface area contributed by atoms with Gasteiger partial charge in [0.25, 0.3) is 0 Å². The number of fused-ring (bicyclic) bond motifs is 3. The van der Waals surface area contributed by atoms with Gasteiger partial charge in [0.2, 0.25) is 6.79 Å². The number of hydroxylamine groups is 1. The van der Waals surface area contributed by atoms with Gasteiger partial charge in [-0.3, -0.25) is 4.79 Å². The van der Waals surface area contributed by atoms with Gasteiger partial charge >= 0.3 is 5.97 Å². The van der Waals surface area contributed by atoms with Crippen molar-refractivity contribution < 1.29 is 19.1 Å². The molecule has 1 aliphatic heterocycles. The zero-order chi connectivity index (χ0) is 11.8. The number of carbonyl (C=O) groups is 1. The average Bonchev–Trinajstić information content (AvgIpc) is 2.91. The van der Waals surface area contributed by atoms with Crippen LogP contribution in [0.1, 0.15) is 18.1 Å². The molecule has 1 aromatic carbocycles. The predicted octanol–water partition coefficient (Wildman–Crippen LogP) is 1.38. The summed E-state index contributed by atoms with van der Waals surface area (Å²) >= 11 is 0. The topological polar surface area (TPSA) is 56.8 Å². The van der Waals surface area contributed by atoms with Crippen molar-refractivity contribution in [2.24, 2.45) is 0 Å². The van der Waals surface area contributed by atoms with E-state index in [2.05, 4.69) is 5.48 Å². The van der Waals surface area contributed by atoms with Gasteiger partial charge in [-0.1, -0.05) is 12.1 Å². The smallest absolute Gasteiger partial charge is 0.329 e. The molecule has 0 atom stereocenters. The van der Waals surface area contributed by atoms with Crippen LogP contribution in [0.4, 0.5) is 0 Å². The van der Waals surface area contributed by atoms with E-state index in [0.717, 1.165) is 29.0 Å². The summed E-state index contributed by atoms with van der Waals surface area (Å²) in [5.41, 5.74) is 5.44. The third kappa shape index (κ3) is 1.60. The third-order valence-electron chi connectivity index (χ3n) is 2.73. The molecule has 88 valence electrons. The van der Waals surface area contributed by atoms with E-state index in [0.29, 0.717) is 5.75 Å². The van der Waals surface area contributed by atoms with Crippen molar-refractivity contribution in [3.05, 3.63) is 29.3 Å². The van der Waals surface area contributed by atoms with Crippen molar-refractivity contribution in [1.82, 2.24) is 5.48 Å². The van der Waals surface area contributed by atoms with Crippen LogP contribution in [-0.2, 0) is 16.1 Å². The van der Waals surface area contributed by atoms with E-state index < -0.39 is 0 Å². The SMILES string of the molecule is CC(=O)ONC1=CCc2ccc3c(c21)OCO3. The minimum Gasteiger partial charge on any atom is -0.454 e. The molecule has 1 aliphatic carbocycles. The number of hydrogen-bond acceptors (Lipinski definition) is 5. The minimum atomic E-state index is -0.385. The maximum absolute atomic E-state index is 10.8. The molecule has 0 saturated carbocycles. The lowest BCUT2D eigenvalue weighted by molar-refractivity contribution is -0.145. The summed E-state index contributed by atoms with van der Waals surface area (Å²) in [6.07, 6.45) is 2.74. The van der Waals surface area contributed by atoms with Gasteiger partial charge in [0, 0.05) is 6.92 Å². The molecular formula is C12H11NO4. The van der Waals surface area contributed by atoms with E-state index in [-0.39, 0.29) is 12.8 Å². The molecular weight excluding hydrogens is 222 g/mol. The van der Waals surface area contributed by atoms with Crippen molar-refractivity contribution in [2.45, 2.75) is 13.3 Å². The quantitative estimate of drug-likeness (QED) is 0.782. The Morgan fingerprint density at radius 1 is 1.41 bits per heavy atom. The Balaban J connectivity index is 1.94. The lowest BCUT2D eigenvalue weighted by atomic mass is 10.1. The molecule has 1 aromatic rings. The van der Waals surface area contributed by atoms with Gasteiger partial charge in [-0.2, -0.15) is 0 Å². The van der Waals surface area contributed by atoms with Crippen LogP contribution in [0.25, 0.3) is 5.70 Å². The predicted molar refractivity (Wildman–Crippen MR) is 59.1 cm³/mol. The summed E-state index contributed by atoms with van der Waals surface area (Å²) in [5, 5.41) is 0. The fraction of sp³-hybridized carbons (Fsp3) is 0.250. The van der Waals surface area contributed by atoms with Crippen LogP contribution < -0.4 is 15.0 Å². The van der Waals surface area contributed by atoms with Crippen LogP contribution in [0.3, 0.4) is 0 Å². The van der Waals surface area contributed by atoms with Crippen molar-refractivity contribution in [2.75, 3.05) is 6.79 Å². The van der Waals surface area contributed by atoms with Gasteiger partial charge in [-0.05, 0) is 18.1 Å². The summed E-state index contributed by atoms with van der Waals surface area (Å²) in [6, 6.07) is 3.88. The first kappa shape index (κ1) is 10.0. The molecule has 1 heterocycles. The van der Waals surface area contributed by atoms with E-state index >= 15 is 0 Å². The lowest BCUT2D eigenvalue weighted by Crippen LogP contribution is -2.16. The van der Waals surface area contributed by atoms with Gasteiger partial charge in [0.05, 0.1) is 11.3 Å². The number of allylic oxidation sites excluding steroid dienone is 1. The number of carbonyl (C=O) groups excluding carboxylic acids is 1. The molecule has 3 rings (SSSR count). The second-order valence-electron chi connectivity index (χ2n) is 3.85. The minimum absolute atomic E-state index is 0.229. The zero-order valence-electron chi connectivity index (χ0n) is 9.28. The Morgan fingerprint density at radius 3 is 3.12 bits per heavy atom. The van der Waals surface area contributed by atoms with E-state index in [4.69, 9.17) is 14.3 Å². The highest BCUT2D eigenvalue weighted by Gasteiger charge is 2.26. The van der Waals surface area contributed by atoms with E-state index in [1.165, 1.54) is 6.92 Å². The van der Waals surface area contributed by atoms with E-state index in [9.17, 15) is 4.79 Å². The van der Waals surface area contributed by atoms with Gasteiger partial charge in [0.1, 0.15) is 0 Å². The van der Waals surface area contributed by atoms with Gasteiger partial charge in [-0.25, -0.2) is 5.48 Å². The molecule has 0 amide bonds. The molecule has 0 unspecified atom stereocenters. The van der Waals surface area contributed by atoms with Crippen LogP contribution in [0, 0.1) is 0 Å². The molecule has 17 heavy (non-hydrogen) atoms. The molecule has 0 spiro atoms. The Labute approximate surface area is 97.9 Å². The number of ether oxygens (including phenoxy) is 2. The Kier molecular flexibility index (Phi) is 2.18. The molecule has 0 radical (unpaired) electrons. The lowest BCUT2D eigenvalue weighted by Gasteiger charge is -2.10. The summed E-state index contributed by atoms with van der Waals surface area (Å²) in [7, 11) is 0. The van der Waals surface area contributed by atoms with Gasteiger partial charge < -0.3 is 14.3 Å². The molecule has 2 aliphatic rings. The number of benzene rings is 1. The average molecular weight is 233 g/mol. The highest BCUT2D eigenvalue weighted by atomic mass is 16.7. The summed E-state index contributed by atoms with van der Waals surface area (Å²) in [4.78, 5) is 15.6. The van der Waals surface area contributed by atoms with Gasteiger partial charge in [-0.15, -0.1) is 0 Å². The maximum atomic E-state index is 10.8. The van der Waals surface area contributed by atoms with Gasteiger partial charge in [0.15, 0.2) is 11.5 Å². The molecule has 0 bridgehead atoms. The highest BCUT2D eigenvalue weighted by molar-refractivity contribution is 5.79. The molecule has 5 nitrogen and oxygen atoms in total. The number of rotatable bonds is 2. The first-order chi connectivity index (χ1) is 8.25. The Bertz CT molecular complexity index is 521. The normalized spacial score (nSPS) is 15.2. The molecule has 0 aromatic heterocycles. The molecule has 0 saturated heterocycles. The Morgan fingerprint density at radius 2 is 2.29 bits per heavy atom. The Hall–Kier alpha value is -2.17. The summed E-state index contributed by atoms with van der Waals surface area (Å²) < 4.78 is 10.7. The molecule has 0 fully saturated rings. The van der Waals surface area contributed by atoms with Crippen LogP contribution in [0.5, 0.6) is 11.5 Å². The summed E-state index contributed by atoms with van der Waals surface area (Å²) in [5.74, 6) is 1.05. The third-order valence-corrected chi connectivity index (χ3v) is 2.73. The molecule has 1 N–H and O–H groups in total. The van der Waals surface area contributed by atoms with Crippen molar-refractivity contribution >= 4 is 11.7 Å². The largest absolute Gasteiger partial charge is 0.454 e. The highest BCUT2D eigenvalue weighted by Crippen LogP contribution is 2.43. The van der Waals surface area contributed by atoms with E-state index in [1.54, 1.807) is 0 Å².